The molecule has 3 atom stereocenters. The van der Waals surface area contributed by atoms with Crippen LogP contribution in [0.3, 0.4) is 0 Å². The summed E-state index contributed by atoms with van der Waals surface area (Å²) in [6.45, 7) is 9.93. The van der Waals surface area contributed by atoms with Gasteiger partial charge in [0.1, 0.15) is 0 Å². The lowest BCUT2D eigenvalue weighted by Crippen LogP contribution is -2.51. The molecule has 4 heteroatoms. The van der Waals surface area contributed by atoms with Crippen LogP contribution in [0.25, 0.3) is 0 Å². The van der Waals surface area contributed by atoms with E-state index in [1.54, 1.807) is 0 Å². The minimum Gasteiger partial charge on any atom is -0.342 e. The molecule has 3 unspecified atom stereocenters. The van der Waals surface area contributed by atoms with Gasteiger partial charge in [-0.15, -0.1) is 0 Å². The van der Waals surface area contributed by atoms with E-state index < -0.39 is 0 Å². The molecule has 0 aliphatic carbocycles. The summed E-state index contributed by atoms with van der Waals surface area (Å²) < 4.78 is 0. The fraction of sp³-hybridized carbons (Fsp3) is 0.923. The SMILES string of the molecule is CCN(CC)C(=O)C(C)NC1CCCSC1C. The van der Waals surface area contributed by atoms with E-state index in [0.717, 1.165) is 13.1 Å². The van der Waals surface area contributed by atoms with Crippen LogP contribution in [0.1, 0.15) is 40.5 Å². The van der Waals surface area contributed by atoms with Crippen LogP contribution < -0.4 is 5.32 Å². The Bertz CT molecular complexity index is 244. The van der Waals surface area contributed by atoms with Gasteiger partial charge in [0.15, 0.2) is 0 Å². The summed E-state index contributed by atoms with van der Waals surface area (Å²) in [5.41, 5.74) is 0. The number of rotatable bonds is 5. The fourth-order valence-corrected chi connectivity index (χ4v) is 3.50. The maximum Gasteiger partial charge on any atom is 0.239 e. The molecule has 0 aromatic rings. The van der Waals surface area contributed by atoms with Crippen LogP contribution >= 0.6 is 11.8 Å². The van der Waals surface area contributed by atoms with Crippen LogP contribution in [0, 0.1) is 0 Å². The summed E-state index contributed by atoms with van der Waals surface area (Å²) in [7, 11) is 0. The number of nitrogens with zero attached hydrogens (tertiary/aromatic N) is 1. The zero-order valence-corrected chi connectivity index (χ0v) is 12.3. The van der Waals surface area contributed by atoms with Gasteiger partial charge in [-0.3, -0.25) is 4.79 Å². The quantitative estimate of drug-likeness (QED) is 0.820. The molecule has 0 bridgehead atoms. The average Bonchev–Trinajstić information content (AvgIpc) is 2.33. The van der Waals surface area contributed by atoms with Crippen molar-refractivity contribution in [1.29, 1.82) is 0 Å². The Balaban J connectivity index is 2.46. The molecule has 0 radical (unpaired) electrons. The predicted octanol–water partition coefficient (Wildman–Crippen LogP) is 2.12. The van der Waals surface area contributed by atoms with Crippen molar-refractivity contribution in [2.24, 2.45) is 0 Å². The molecular weight excluding hydrogens is 232 g/mol. The molecule has 1 fully saturated rings. The summed E-state index contributed by atoms with van der Waals surface area (Å²) in [4.78, 5) is 14.0. The van der Waals surface area contributed by atoms with Gasteiger partial charge in [0.05, 0.1) is 6.04 Å². The summed E-state index contributed by atoms with van der Waals surface area (Å²) in [6, 6.07) is 0.435. The van der Waals surface area contributed by atoms with Crippen molar-refractivity contribution in [2.75, 3.05) is 18.8 Å². The third-order valence-corrected chi connectivity index (χ3v) is 4.90. The van der Waals surface area contributed by atoms with Gasteiger partial charge >= 0.3 is 0 Å². The highest BCUT2D eigenvalue weighted by atomic mass is 32.2. The van der Waals surface area contributed by atoms with Gasteiger partial charge in [0.25, 0.3) is 0 Å². The summed E-state index contributed by atoms with van der Waals surface area (Å²) in [5, 5.41) is 4.13. The Labute approximate surface area is 110 Å². The number of carbonyl (C=O) groups excluding carboxylic acids is 1. The van der Waals surface area contributed by atoms with Crippen molar-refractivity contribution in [3.63, 3.8) is 0 Å². The van der Waals surface area contributed by atoms with Crippen LogP contribution in [0.4, 0.5) is 0 Å². The first-order valence-corrected chi connectivity index (χ1v) is 7.81. The summed E-state index contributed by atoms with van der Waals surface area (Å²) in [5.74, 6) is 1.50. The molecule has 0 aromatic heterocycles. The first-order valence-electron chi connectivity index (χ1n) is 6.76. The van der Waals surface area contributed by atoms with E-state index in [2.05, 4.69) is 12.2 Å². The van der Waals surface area contributed by atoms with Crippen LogP contribution in [0.2, 0.25) is 0 Å². The molecule has 0 saturated carbocycles. The second-order valence-corrected chi connectivity index (χ2v) is 6.21. The topological polar surface area (TPSA) is 32.3 Å². The van der Waals surface area contributed by atoms with E-state index in [4.69, 9.17) is 0 Å². The second-order valence-electron chi connectivity index (χ2n) is 4.72. The number of thioether (sulfide) groups is 1. The molecule has 1 N–H and O–H groups in total. The Morgan fingerprint density at radius 1 is 1.47 bits per heavy atom. The van der Waals surface area contributed by atoms with Crippen molar-refractivity contribution in [3.8, 4) is 0 Å². The molecule has 3 nitrogen and oxygen atoms in total. The van der Waals surface area contributed by atoms with Crippen LogP contribution in [0.5, 0.6) is 0 Å². The molecule has 0 aromatic carbocycles. The average molecular weight is 258 g/mol. The lowest BCUT2D eigenvalue weighted by atomic mass is 10.1. The Morgan fingerprint density at radius 3 is 2.65 bits per heavy atom. The molecule has 1 rings (SSSR count). The monoisotopic (exact) mass is 258 g/mol. The fourth-order valence-electron chi connectivity index (χ4n) is 2.34. The lowest BCUT2D eigenvalue weighted by Gasteiger charge is -2.33. The van der Waals surface area contributed by atoms with E-state index in [-0.39, 0.29) is 11.9 Å². The zero-order chi connectivity index (χ0) is 12.8. The molecule has 1 amide bonds. The van der Waals surface area contributed by atoms with E-state index in [1.165, 1.54) is 18.6 Å². The highest BCUT2D eigenvalue weighted by Gasteiger charge is 2.26. The molecule has 1 heterocycles. The number of carbonyl (C=O) groups is 1. The van der Waals surface area contributed by atoms with Gasteiger partial charge in [0.2, 0.25) is 5.91 Å². The van der Waals surface area contributed by atoms with Crippen LogP contribution in [0.15, 0.2) is 0 Å². The van der Waals surface area contributed by atoms with Gasteiger partial charge in [-0.2, -0.15) is 11.8 Å². The summed E-state index contributed by atoms with van der Waals surface area (Å²) >= 11 is 2.01. The summed E-state index contributed by atoms with van der Waals surface area (Å²) in [6.07, 6.45) is 2.46. The molecule has 1 aliphatic heterocycles. The number of likely N-dealkylation sites (N-methyl/N-ethyl adjacent to an activating group) is 1. The minimum absolute atomic E-state index is 0.0546. The number of nitrogens with one attached hydrogen (secondary N) is 1. The Hall–Kier alpha value is -0.220. The van der Waals surface area contributed by atoms with Gasteiger partial charge < -0.3 is 10.2 Å². The van der Waals surface area contributed by atoms with Gasteiger partial charge in [0, 0.05) is 24.4 Å². The largest absolute Gasteiger partial charge is 0.342 e. The molecule has 100 valence electrons. The molecule has 17 heavy (non-hydrogen) atoms. The van der Waals surface area contributed by atoms with E-state index in [1.807, 2.05) is 37.4 Å². The molecular formula is C13H26N2OS. The maximum atomic E-state index is 12.1. The number of hydrogen-bond donors (Lipinski definition) is 1. The standard InChI is InChI=1S/C13H26N2OS/c1-5-15(6-2)13(16)10(3)14-12-8-7-9-17-11(12)4/h10-12,14H,5-9H2,1-4H3. The molecule has 0 spiro atoms. The van der Waals surface area contributed by atoms with Crippen molar-refractivity contribution >= 4 is 17.7 Å². The van der Waals surface area contributed by atoms with E-state index >= 15 is 0 Å². The molecule has 1 aliphatic rings. The normalized spacial score (nSPS) is 26.6. The zero-order valence-electron chi connectivity index (χ0n) is 11.5. The number of hydrogen-bond acceptors (Lipinski definition) is 3. The third-order valence-electron chi connectivity index (χ3n) is 3.52. The van der Waals surface area contributed by atoms with Gasteiger partial charge in [-0.05, 0) is 39.4 Å². The smallest absolute Gasteiger partial charge is 0.239 e. The Kier molecular flexibility index (Phi) is 6.34. The highest BCUT2D eigenvalue weighted by molar-refractivity contribution is 7.99. The maximum absolute atomic E-state index is 12.1. The van der Waals surface area contributed by atoms with E-state index in [0.29, 0.717) is 11.3 Å². The van der Waals surface area contributed by atoms with Crippen molar-refractivity contribution in [2.45, 2.75) is 57.9 Å². The first kappa shape index (κ1) is 14.8. The predicted molar refractivity (Wildman–Crippen MR) is 75.5 cm³/mol. The highest BCUT2D eigenvalue weighted by Crippen LogP contribution is 2.25. The minimum atomic E-state index is -0.0546. The third kappa shape index (κ3) is 4.18. The van der Waals surface area contributed by atoms with Crippen LogP contribution in [-0.4, -0.2) is 47.0 Å². The molecule has 1 saturated heterocycles. The van der Waals surface area contributed by atoms with Gasteiger partial charge in [-0.25, -0.2) is 0 Å². The Morgan fingerprint density at radius 2 is 2.12 bits per heavy atom. The lowest BCUT2D eigenvalue weighted by molar-refractivity contribution is -0.132. The van der Waals surface area contributed by atoms with Gasteiger partial charge in [-0.1, -0.05) is 6.92 Å². The van der Waals surface area contributed by atoms with Crippen LogP contribution in [-0.2, 0) is 4.79 Å². The van der Waals surface area contributed by atoms with Crippen molar-refractivity contribution in [3.05, 3.63) is 0 Å². The van der Waals surface area contributed by atoms with Crippen molar-refractivity contribution < 1.29 is 4.79 Å². The second kappa shape index (κ2) is 7.27. The van der Waals surface area contributed by atoms with E-state index in [9.17, 15) is 4.79 Å². The van der Waals surface area contributed by atoms with Crippen molar-refractivity contribution in [1.82, 2.24) is 10.2 Å². The number of amides is 1. The first-order chi connectivity index (χ1) is 8.10.